The Morgan fingerprint density at radius 3 is 2.06 bits per heavy atom. The summed E-state index contributed by atoms with van der Waals surface area (Å²) in [5, 5.41) is 0. The molecule has 0 N–H and O–H groups in total. The summed E-state index contributed by atoms with van der Waals surface area (Å²) in [7, 11) is 0. The van der Waals surface area contributed by atoms with Crippen LogP contribution in [0.25, 0.3) is 11.4 Å². The van der Waals surface area contributed by atoms with Crippen LogP contribution in [0.15, 0.2) is 36.7 Å². The molecular weight excluding hydrogens is 208 g/mol. The van der Waals surface area contributed by atoms with Gasteiger partial charge in [-0.2, -0.15) is 0 Å². The Morgan fingerprint density at radius 2 is 1.53 bits per heavy atom. The van der Waals surface area contributed by atoms with Crippen LogP contribution < -0.4 is 0 Å². The van der Waals surface area contributed by atoms with Crippen LogP contribution in [0, 0.1) is 0 Å². The Bertz CT molecular complexity index is 457. The summed E-state index contributed by atoms with van der Waals surface area (Å²) < 4.78 is 0. The Hall–Kier alpha value is -1.70. The molecule has 0 amide bonds. The third-order valence-electron chi connectivity index (χ3n) is 2.86. The lowest BCUT2D eigenvalue weighted by Gasteiger charge is -2.03. The average Bonchev–Trinajstić information content (AvgIpc) is 2.40. The highest BCUT2D eigenvalue weighted by atomic mass is 14.9. The topological polar surface area (TPSA) is 25.8 Å². The lowest BCUT2D eigenvalue weighted by molar-refractivity contribution is 0.902. The van der Waals surface area contributed by atoms with Crippen molar-refractivity contribution in [1.29, 1.82) is 0 Å². The normalized spacial score (nSPS) is 10.5. The largest absolute Gasteiger partial charge is 0.236 e. The Balaban J connectivity index is 2.20. The first-order valence-corrected chi connectivity index (χ1v) is 6.23. The van der Waals surface area contributed by atoms with Gasteiger partial charge in [0.05, 0.1) is 0 Å². The first-order valence-electron chi connectivity index (χ1n) is 6.23. The van der Waals surface area contributed by atoms with Crippen LogP contribution in [-0.2, 0) is 12.8 Å². The van der Waals surface area contributed by atoms with E-state index in [4.69, 9.17) is 0 Å². The highest BCUT2D eigenvalue weighted by molar-refractivity contribution is 5.55. The third kappa shape index (κ3) is 2.90. The number of rotatable bonds is 4. The average molecular weight is 226 g/mol. The summed E-state index contributed by atoms with van der Waals surface area (Å²) in [6.45, 7) is 4.32. The number of hydrogen-bond acceptors (Lipinski definition) is 2. The van der Waals surface area contributed by atoms with Gasteiger partial charge >= 0.3 is 0 Å². The molecule has 0 saturated carbocycles. The second-order valence-electron chi connectivity index (χ2n) is 4.22. The minimum atomic E-state index is 0.813. The third-order valence-corrected chi connectivity index (χ3v) is 2.86. The van der Waals surface area contributed by atoms with E-state index in [1.807, 2.05) is 12.4 Å². The molecule has 0 fully saturated rings. The van der Waals surface area contributed by atoms with Gasteiger partial charge in [0.1, 0.15) is 0 Å². The molecule has 0 unspecified atom stereocenters. The number of aryl methyl sites for hydroxylation is 2. The summed E-state index contributed by atoms with van der Waals surface area (Å²) in [5.41, 5.74) is 3.64. The predicted octanol–water partition coefficient (Wildman–Crippen LogP) is 3.66. The smallest absolute Gasteiger partial charge is 0.159 e. The van der Waals surface area contributed by atoms with E-state index in [1.165, 1.54) is 11.1 Å². The van der Waals surface area contributed by atoms with Crippen LogP contribution >= 0.6 is 0 Å². The van der Waals surface area contributed by atoms with Crippen molar-refractivity contribution >= 4 is 0 Å². The van der Waals surface area contributed by atoms with E-state index in [2.05, 4.69) is 48.1 Å². The molecule has 0 saturated heterocycles. The van der Waals surface area contributed by atoms with E-state index < -0.39 is 0 Å². The van der Waals surface area contributed by atoms with Crippen LogP contribution in [0.2, 0.25) is 0 Å². The molecule has 0 bridgehead atoms. The second-order valence-corrected chi connectivity index (χ2v) is 4.22. The van der Waals surface area contributed by atoms with Gasteiger partial charge in [0.2, 0.25) is 0 Å². The molecule has 2 nitrogen and oxygen atoms in total. The van der Waals surface area contributed by atoms with Gasteiger partial charge in [-0.3, -0.25) is 0 Å². The van der Waals surface area contributed by atoms with Crippen molar-refractivity contribution in [1.82, 2.24) is 9.97 Å². The van der Waals surface area contributed by atoms with Gasteiger partial charge in [-0.25, -0.2) is 9.97 Å². The molecule has 1 aromatic carbocycles. The fourth-order valence-corrected chi connectivity index (χ4v) is 1.81. The maximum absolute atomic E-state index is 4.41. The van der Waals surface area contributed by atoms with Crippen molar-refractivity contribution in [2.75, 3.05) is 0 Å². The van der Waals surface area contributed by atoms with Crippen molar-refractivity contribution in [2.45, 2.75) is 33.1 Å². The summed E-state index contributed by atoms with van der Waals surface area (Å²) in [6.07, 6.45) is 7.11. The number of nitrogens with zero attached hydrogens (tertiary/aromatic N) is 2. The molecule has 0 aliphatic rings. The van der Waals surface area contributed by atoms with Gasteiger partial charge in [0, 0.05) is 18.0 Å². The molecule has 2 aromatic rings. The quantitative estimate of drug-likeness (QED) is 0.795. The number of hydrogen-bond donors (Lipinski definition) is 0. The van der Waals surface area contributed by atoms with Gasteiger partial charge in [-0.15, -0.1) is 0 Å². The maximum Gasteiger partial charge on any atom is 0.159 e. The molecule has 0 aliphatic carbocycles. The van der Waals surface area contributed by atoms with Crippen molar-refractivity contribution < 1.29 is 0 Å². The Morgan fingerprint density at radius 1 is 0.882 bits per heavy atom. The monoisotopic (exact) mass is 226 g/mol. The van der Waals surface area contributed by atoms with Crippen LogP contribution in [0.3, 0.4) is 0 Å². The van der Waals surface area contributed by atoms with E-state index in [1.54, 1.807) is 0 Å². The van der Waals surface area contributed by atoms with E-state index in [9.17, 15) is 0 Å². The molecule has 0 spiro atoms. The molecule has 2 heteroatoms. The first kappa shape index (κ1) is 11.8. The summed E-state index contributed by atoms with van der Waals surface area (Å²) in [5.74, 6) is 0.813. The summed E-state index contributed by atoms with van der Waals surface area (Å²) in [4.78, 5) is 8.82. The Labute approximate surface area is 103 Å². The summed E-state index contributed by atoms with van der Waals surface area (Å²) >= 11 is 0. The van der Waals surface area contributed by atoms with Gasteiger partial charge in [-0.1, -0.05) is 44.5 Å². The minimum Gasteiger partial charge on any atom is -0.236 e. The molecule has 17 heavy (non-hydrogen) atoms. The van der Waals surface area contributed by atoms with Crippen molar-refractivity contribution in [3.63, 3.8) is 0 Å². The van der Waals surface area contributed by atoms with E-state index in [0.29, 0.717) is 0 Å². The minimum absolute atomic E-state index is 0.813. The van der Waals surface area contributed by atoms with Crippen LogP contribution in [0.5, 0.6) is 0 Å². The highest BCUT2D eigenvalue weighted by Gasteiger charge is 2.01. The van der Waals surface area contributed by atoms with Crippen molar-refractivity contribution in [2.24, 2.45) is 0 Å². The van der Waals surface area contributed by atoms with Crippen LogP contribution in [0.4, 0.5) is 0 Å². The zero-order valence-corrected chi connectivity index (χ0v) is 10.5. The van der Waals surface area contributed by atoms with Crippen molar-refractivity contribution in [3.8, 4) is 11.4 Å². The molecule has 0 radical (unpaired) electrons. The molecule has 88 valence electrons. The van der Waals surface area contributed by atoms with Gasteiger partial charge < -0.3 is 0 Å². The van der Waals surface area contributed by atoms with Crippen LogP contribution in [-0.4, -0.2) is 9.97 Å². The number of aromatic nitrogens is 2. The highest BCUT2D eigenvalue weighted by Crippen LogP contribution is 2.15. The molecule has 2 rings (SSSR count). The standard InChI is InChI=1S/C15H18N2/c1-3-5-13-10-16-15(17-11-13)14-8-6-12(4-2)7-9-14/h6-11H,3-5H2,1-2H3. The van der Waals surface area contributed by atoms with E-state index in [-0.39, 0.29) is 0 Å². The van der Waals surface area contributed by atoms with Gasteiger partial charge in [0.25, 0.3) is 0 Å². The van der Waals surface area contributed by atoms with Gasteiger partial charge in [-0.05, 0) is 24.0 Å². The molecule has 1 aromatic heterocycles. The van der Waals surface area contributed by atoms with Crippen molar-refractivity contribution in [3.05, 3.63) is 47.8 Å². The zero-order chi connectivity index (χ0) is 12.1. The SMILES string of the molecule is CCCc1cnc(-c2ccc(CC)cc2)nc1. The maximum atomic E-state index is 4.41. The predicted molar refractivity (Wildman–Crippen MR) is 70.8 cm³/mol. The lowest BCUT2D eigenvalue weighted by atomic mass is 10.1. The lowest BCUT2D eigenvalue weighted by Crippen LogP contribution is -1.92. The zero-order valence-electron chi connectivity index (χ0n) is 10.5. The molecule has 0 aliphatic heterocycles. The van der Waals surface area contributed by atoms with E-state index >= 15 is 0 Å². The summed E-state index contributed by atoms with van der Waals surface area (Å²) in [6, 6.07) is 8.46. The van der Waals surface area contributed by atoms with Crippen LogP contribution in [0.1, 0.15) is 31.4 Å². The fraction of sp³-hybridized carbons (Fsp3) is 0.333. The second kappa shape index (κ2) is 5.58. The fourth-order valence-electron chi connectivity index (χ4n) is 1.81. The molecule has 0 atom stereocenters. The Kier molecular flexibility index (Phi) is 3.86. The first-order chi connectivity index (χ1) is 8.33. The molecule has 1 heterocycles. The molecular formula is C15H18N2. The number of benzene rings is 1. The van der Waals surface area contributed by atoms with Gasteiger partial charge in [0.15, 0.2) is 5.82 Å². The van der Waals surface area contributed by atoms with E-state index in [0.717, 1.165) is 30.7 Å².